The molecular weight excluding hydrogens is 244 g/mol. The van der Waals surface area contributed by atoms with E-state index in [0.717, 1.165) is 25.9 Å². The maximum absolute atomic E-state index is 12.2. The van der Waals surface area contributed by atoms with Crippen molar-refractivity contribution in [2.75, 3.05) is 33.9 Å². The molecule has 0 bridgehead atoms. The first kappa shape index (κ1) is 16.4. The smallest absolute Gasteiger partial charge is 0.227 e. The quantitative estimate of drug-likeness (QED) is 0.765. The Labute approximate surface area is 116 Å². The molecule has 0 radical (unpaired) electrons. The molecule has 1 N–H and O–H groups in total. The van der Waals surface area contributed by atoms with E-state index in [2.05, 4.69) is 5.32 Å². The summed E-state index contributed by atoms with van der Waals surface area (Å²) >= 11 is 0. The fourth-order valence-electron chi connectivity index (χ4n) is 2.29. The second kappa shape index (κ2) is 7.22. The van der Waals surface area contributed by atoms with Gasteiger partial charge in [0, 0.05) is 45.3 Å². The Morgan fingerprint density at radius 2 is 1.79 bits per heavy atom. The van der Waals surface area contributed by atoms with Crippen molar-refractivity contribution < 1.29 is 14.3 Å². The molecular formula is C14H28N2O3. The van der Waals surface area contributed by atoms with Crippen molar-refractivity contribution in [3.63, 3.8) is 0 Å². The third kappa shape index (κ3) is 5.09. The zero-order valence-electron chi connectivity index (χ0n) is 12.9. The van der Waals surface area contributed by atoms with Crippen LogP contribution in [0.2, 0.25) is 0 Å². The molecule has 19 heavy (non-hydrogen) atoms. The molecule has 0 aliphatic carbocycles. The van der Waals surface area contributed by atoms with Gasteiger partial charge in [-0.1, -0.05) is 20.8 Å². The molecule has 5 heteroatoms. The van der Waals surface area contributed by atoms with Gasteiger partial charge in [-0.25, -0.2) is 0 Å². The number of carbonyl (C=O) groups is 1. The highest BCUT2D eigenvalue weighted by Gasteiger charge is 2.30. The van der Waals surface area contributed by atoms with Crippen LogP contribution in [-0.2, 0) is 14.3 Å². The van der Waals surface area contributed by atoms with Crippen molar-refractivity contribution in [3.05, 3.63) is 0 Å². The first-order valence-corrected chi connectivity index (χ1v) is 6.97. The van der Waals surface area contributed by atoms with Crippen LogP contribution in [0.15, 0.2) is 0 Å². The normalized spacial score (nSPS) is 18.1. The van der Waals surface area contributed by atoms with E-state index in [1.807, 2.05) is 25.7 Å². The number of ether oxygens (including phenoxy) is 2. The minimum Gasteiger partial charge on any atom is -0.355 e. The SMILES string of the molecule is COC(CNC1CCN(C(=O)C(C)(C)C)CC1)OC. The Kier molecular flexibility index (Phi) is 6.23. The molecule has 0 aromatic carbocycles. The van der Waals surface area contributed by atoms with E-state index in [9.17, 15) is 4.79 Å². The first-order chi connectivity index (χ1) is 8.88. The number of carbonyl (C=O) groups excluding carboxylic acids is 1. The van der Waals surface area contributed by atoms with E-state index in [0.29, 0.717) is 12.6 Å². The number of nitrogens with zero attached hydrogens (tertiary/aromatic N) is 1. The van der Waals surface area contributed by atoms with Crippen LogP contribution < -0.4 is 5.32 Å². The average molecular weight is 272 g/mol. The number of hydrogen-bond donors (Lipinski definition) is 1. The Balaban J connectivity index is 2.31. The van der Waals surface area contributed by atoms with Crippen molar-refractivity contribution in [1.82, 2.24) is 10.2 Å². The van der Waals surface area contributed by atoms with Crippen molar-refractivity contribution in [2.24, 2.45) is 5.41 Å². The van der Waals surface area contributed by atoms with E-state index < -0.39 is 0 Å². The molecule has 1 saturated heterocycles. The molecule has 0 aromatic rings. The van der Waals surface area contributed by atoms with Crippen LogP contribution in [0, 0.1) is 5.41 Å². The number of nitrogens with one attached hydrogen (secondary N) is 1. The molecule has 0 atom stereocenters. The van der Waals surface area contributed by atoms with Crippen LogP contribution >= 0.6 is 0 Å². The largest absolute Gasteiger partial charge is 0.355 e. The molecule has 1 fully saturated rings. The van der Waals surface area contributed by atoms with Gasteiger partial charge in [-0.3, -0.25) is 4.79 Å². The maximum atomic E-state index is 12.2. The van der Waals surface area contributed by atoms with Gasteiger partial charge in [0.1, 0.15) is 0 Å². The highest BCUT2D eigenvalue weighted by atomic mass is 16.7. The van der Waals surface area contributed by atoms with E-state index in [1.165, 1.54) is 0 Å². The lowest BCUT2D eigenvalue weighted by Crippen LogP contribution is -2.49. The molecule has 1 aliphatic rings. The Bertz CT molecular complexity index is 277. The number of hydrogen-bond acceptors (Lipinski definition) is 4. The molecule has 112 valence electrons. The van der Waals surface area contributed by atoms with Crippen molar-refractivity contribution in [1.29, 1.82) is 0 Å². The van der Waals surface area contributed by atoms with Gasteiger partial charge in [0.15, 0.2) is 6.29 Å². The predicted molar refractivity (Wildman–Crippen MR) is 74.9 cm³/mol. The zero-order chi connectivity index (χ0) is 14.5. The van der Waals surface area contributed by atoms with E-state index >= 15 is 0 Å². The number of piperidine rings is 1. The summed E-state index contributed by atoms with van der Waals surface area (Å²) in [5.74, 6) is 0.248. The third-order valence-corrected chi connectivity index (χ3v) is 3.52. The monoisotopic (exact) mass is 272 g/mol. The van der Waals surface area contributed by atoms with Gasteiger partial charge in [0.25, 0.3) is 0 Å². The Morgan fingerprint density at radius 1 is 1.26 bits per heavy atom. The third-order valence-electron chi connectivity index (χ3n) is 3.52. The molecule has 1 aliphatic heterocycles. The first-order valence-electron chi connectivity index (χ1n) is 6.97. The van der Waals surface area contributed by atoms with E-state index in [1.54, 1.807) is 14.2 Å². The van der Waals surface area contributed by atoms with Gasteiger partial charge in [-0.05, 0) is 12.8 Å². The minimum absolute atomic E-state index is 0.200. The number of rotatable bonds is 5. The van der Waals surface area contributed by atoms with Crippen molar-refractivity contribution in [2.45, 2.75) is 45.9 Å². The summed E-state index contributed by atoms with van der Waals surface area (Å²) in [7, 11) is 3.28. The standard InChI is InChI=1S/C14H28N2O3/c1-14(2,3)13(17)16-8-6-11(7-9-16)15-10-12(18-4)19-5/h11-12,15H,6-10H2,1-5H3. The fraction of sp³-hybridized carbons (Fsp3) is 0.929. The summed E-state index contributed by atoms with van der Waals surface area (Å²) < 4.78 is 10.3. The summed E-state index contributed by atoms with van der Waals surface area (Å²) in [4.78, 5) is 14.1. The number of amides is 1. The molecule has 5 nitrogen and oxygen atoms in total. The average Bonchev–Trinajstić information content (AvgIpc) is 2.39. The predicted octanol–water partition coefficient (Wildman–Crippen LogP) is 1.23. The summed E-state index contributed by atoms with van der Waals surface area (Å²) in [6.45, 7) is 8.27. The lowest BCUT2D eigenvalue weighted by atomic mass is 9.93. The van der Waals surface area contributed by atoms with Gasteiger partial charge in [0.2, 0.25) is 5.91 Å². The van der Waals surface area contributed by atoms with E-state index in [4.69, 9.17) is 9.47 Å². The molecule has 0 aromatic heterocycles. The number of methoxy groups -OCH3 is 2. The topological polar surface area (TPSA) is 50.8 Å². The van der Waals surface area contributed by atoms with Crippen molar-refractivity contribution in [3.8, 4) is 0 Å². The highest BCUT2D eigenvalue weighted by molar-refractivity contribution is 5.81. The second-order valence-electron chi connectivity index (χ2n) is 6.13. The molecule has 1 amide bonds. The molecule has 1 rings (SSSR count). The maximum Gasteiger partial charge on any atom is 0.227 e. The Morgan fingerprint density at radius 3 is 2.21 bits per heavy atom. The molecule has 0 spiro atoms. The van der Waals surface area contributed by atoms with Crippen molar-refractivity contribution >= 4 is 5.91 Å². The molecule has 0 saturated carbocycles. The zero-order valence-corrected chi connectivity index (χ0v) is 12.9. The van der Waals surface area contributed by atoms with Crippen LogP contribution in [0.5, 0.6) is 0 Å². The van der Waals surface area contributed by atoms with Gasteiger partial charge in [0.05, 0.1) is 0 Å². The summed E-state index contributed by atoms with van der Waals surface area (Å²) in [6, 6.07) is 0.441. The fourth-order valence-corrected chi connectivity index (χ4v) is 2.29. The molecule has 0 unspecified atom stereocenters. The number of likely N-dealkylation sites (tertiary alicyclic amines) is 1. The summed E-state index contributed by atoms with van der Waals surface area (Å²) in [6.07, 6.45) is 1.78. The van der Waals surface area contributed by atoms with Gasteiger partial charge < -0.3 is 19.7 Å². The van der Waals surface area contributed by atoms with Gasteiger partial charge in [-0.2, -0.15) is 0 Å². The molecule has 1 heterocycles. The van der Waals surface area contributed by atoms with Gasteiger partial charge >= 0.3 is 0 Å². The lowest BCUT2D eigenvalue weighted by molar-refractivity contribution is -0.140. The van der Waals surface area contributed by atoms with Crippen LogP contribution in [0.1, 0.15) is 33.6 Å². The second-order valence-corrected chi connectivity index (χ2v) is 6.13. The van der Waals surface area contributed by atoms with Crippen LogP contribution in [0.4, 0.5) is 0 Å². The van der Waals surface area contributed by atoms with Crippen LogP contribution in [0.25, 0.3) is 0 Å². The lowest BCUT2D eigenvalue weighted by Gasteiger charge is -2.36. The Hall–Kier alpha value is -0.650. The minimum atomic E-state index is -0.280. The van der Waals surface area contributed by atoms with Gasteiger partial charge in [-0.15, -0.1) is 0 Å². The van der Waals surface area contributed by atoms with Crippen LogP contribution in [0.3, 0.4) is 0 Å². The summed E-state index contributed by atoms with van der Waals surface area (Å²) in [5.41, 5.74) is -0.280. The highest BCUT2D eigenvalue weighted by Crippen LogP contribution is 2.20. The van der Waals surface area contributed by atoms with E-state index in [-0.39, 0.29) is 17.6 Å². The van der Waals surface area contributed by atoms with Crippen LogP contribution in [-0.4, -0.2) is 57.0 Å². The summed E-state index contributed by atoms with van der Waals surface area (Å²) in [5, 5.41) is 3.43.